The number of nitrogens with one attached hydrogen (secondary N) is 1. The van der Waals surface area contributed by atoms with E-state index in [4.69, 9.17) is 16.3 Å². The zero-order valence-corrected chi connectivity index (χ0v) is 15.7. The van der Waals surface area contributed by atoms with Gasteiger partial charge in [-0.15, -0.1) is 0 Å². The molecule has 0 aliphatic rings. The van der Waals surface area contributed by atoms with Gasteiger partial charge in [0.25, 0.3) is 5.91 Å². The average Bonchev–Trinajstić information content (AvgIpc) is 2.86. The Morgan fingerprint density at radius 1 is 1.19 bits per heavy atom. The van der Waals surface area contributed by atoms with Gasteiger partial charge in [-0.05, 0) is 49.7 Å². The lowest BCUT2D eigenvalue weighted by Crippen LogP contribution is -2.13. The molecule has 1 aromatic heterocycles. The van der Waals surface area contributed by atoms with Crippen molar-refractivity contribution in [2.24, 2.45) is 7.05 Å². The second kappa shape index (κ2) is 7.62. The van der Waals surface area contributed by atoms with Gasteiger partial charge in [-0.1, -0.05) is 29.8 Å². The van der Waals surface area contributed by atoms with Crippen molar-refractivity contribution in [1.29, 1.82) is 0 Å². The lowest BCUT2D eigenvalue weighted by molar-refractivity contribution is 0.102. The fourth-order valence-electron chi connectivity index (χ4n) is 2.67. The summed E-state index contributed by atoms with van der Waals surface area (Å²) in [7, 11) is 1.85. The molecule has 0 radical (unpaired) electrons. The van der Waals surface area contributed by atoms with Gasteiger partial charge < -0.3 is 10.1 Å². The Balaban J connectivity index is 1.71. The first kappa shape index (κ1) is 18.0. The molecule has 0 saturated carbocycles. The molecule has 0 spiro atoms. The predicted molar refractivity (Wildman–Crippen MR) is 103 cm³/mol. The summed E-state index contributed by atoms with van der Waals surface area (Å²) in [4.78, 5) is 12.6. The Labute approximate surface area is 157 Å². The standard InChI is InChI=1S/C20H20ClN3O2/c1-13-19(14(2)24(3)23-13)22-20(25)16-7-4-6-15(10-16)12-26-18-9-5-8-17(21)11-18/h4-11H,12H2,1-3H3,(H,22,25). The van der Waals surface area contributed by atoms with Crippen LogP contribution in [0.1, 0.15) is 27.3 Å². The van der Waals surface area contributed by atoms with Gasteiger partial charge in [0, 0.05) is 17.6 Å². The maximum Gasteiger partial charge on any atom is 0.255 e. The first-order chi connectivity index (χ1) is 12.4. The molecule has 3 rings (SSSR count). The van der Waals surface area contributed by atoms with Crippen molar-refractivity contribution in [3.05, 3.63) is 76.1 Å². The SMILES string of the molecule is Cc1nn(C)c(C)c1NC(=O)c1cccc(COc2cccc(Cl)c2)c1. The number of amides is 1. The quantitative estimate of drug-likeness (QED) is 0.719. The van der Waals surface area contributed by atoms with Crippen LogP contribution in [-0.2, 0) is 13.7 Å². The molecule has 0 fully saturated rings. The third-order valence-electron chi connectivity index (χ3n) is 4.14. The van der Waals surface area contributed by atoms with Crippen LogP contribution in [0.25, 0.3) is 0 Å². The largest absolute Gasteiger partial charge is 0.489 e. The van der Waals surface area contributed by atoms with Gasteiger partial charge >= 0.3 is 0 Å². The molecule has 0 saturated heterocycles. The number of hydrogen-bond donors (Lipinski definition) is 1. The number of rotatable bonds is 5. The maximum absolute atomic E-state index is 12.6. The van der Waals surface area contributed by atoms with E-state index in [0.29, 0.717) is 22.9 Å². The van der Waals surface area contributed by atoms with E-state index in [-0.39, 0.29) is 5.91 Å². The van der Waals surface area contributed by atoms with Crippen LogP contribution in [0.3, 0.4) is 0 Å². The Kier molecular flexibility index (Phi) is 5.28. The topological polar surface area (TPSA) is 56.2 Å². The Hall–Kier alpha value is -2.79. The molecule has 0 atom stereocenters. The van der Waals surface area contributed by atoms with Crippen molar-refractivity contribution in [1.82, 2.24) is 9.78 Å². The number of aryl methyl sites for hydroxylation is 2. The molecule has 1 amide bonds. The molecule has 0 bridgehead atoms. The van der Waals surface area contributed by atoms with Gasteiger partial charge in [0.15, 0.2) is 0 Å². The highest BCUT2D eigenvalue weighted by atomic mass is 35.5. The van der Waals surface area contributed by atoms with Gasteiger partial charge in [0.05, 0.1) is 17.1 Å². The number of anilines is 1. The third-order valence-corrected chi connectivity index (χ3v) is 4.37. The smallest absolute Gasteiger partial charge is 0.255 e. The maximum atomic E-state index is 12.6. The Morgan fingerprint density at radius 3 is 2.65 bits per heavy atom. The predicted octanol–water partition coefficient (Wildman–Crippen LogP) is 4.52. The van der Waals surface area contributed by atoms with Crippen LogP contribution in [0.15, 0.2) is 48.5 Å². The molecule has 2 aromatic carbocycles. The van der Waals surface area contributed by atoms with Crippen molar-refractivity contribution < 1.29 is 9.53 Å². The normalized spacial score (nSPS) is 10.6. The summed E-state index contributed by atoms with van der Waals surface area (Å²) in [6, 6.07) is 14.6. The van der Waals surface area contributed by atoms with E-state index in [1.807, 2.05) is 51.2 Å². The van der Waals surface area contributed by atoms with Crippen molar-refractivity contribution >= 4 is 23.2 Å². The van der Waals surface area contributed by atoms with Crippen LogP contribution < -0.4 is 10.1 Å². The Bertz CT molecular complexity index is 950. The van der Waals surface area contributed by atoms with Gasteiger partial charge in [-0.2, -0.15) is 5.10 Å². The number of benzene rings is 2. The van der Waals surface area contributed by atoms with E-state index >= 15 is 0 Å². The van der Waals surface area contributed by atoms with Gasteiger partial charge in [-0.3, -0.25) is 9.48 Å². The van der Waals surface area contributed by atoms with Gasteiger partial charge in [0.2, 0.25) is 0 Å². The van der Waals surface area contributed by atoms with Crippen LogP contribution >= 0.6 is 11.6 Å². The fourth-order valence-corrected chi connectivity index (χ4v) is 2.85. The number of aromatic nitrogens is 2. The molecular weight excluding hydrogens is 350 g/mol. The van der Waals surface area contributed by atoms with E-state index in [9.17, 15) is 4.79 Å². The van der Waals surface area contributed by atoms with Crippen LogP contribution in [0.5, 0.6) is 5.75 Å². The Morgan fingerprint density at radius 2 is 1.96 bits per heavy atom. The number of nitrogens with zero attached hydrogens (tertiary/aromatic N) is 2. The molecule has 1 N–H and O–H groups in total. The number of halogens is 1. The minimum atomic E-state index is -0.172. The van der Waals surface area contributed by atoms with Gasteiger partial charge in [-0.25, -0.2) is 0 Å². The zero-order valence-electron chi connectivity index (χ0n) is 14.9. The van der Waals surface area contributed by atoms with Crippen molar-refractivity contribution in [3.8, 4) is 5.75 Å². The molecule has 1 heterocycles. The molecule has 5 nitrogen and oxygen atoms in total. The van der Waals surface area contributed by atoms with Crippen LogP contribution in [0, 0.1) is 13.8 Å². The van der Waals surface area contributed by atoms with Crippen molar-refractivity contribution in [3.63, 3.8) is 0 Å². The van der Waals surface area contributed by atoms with Crippen LogP contribution in [0.4, 0.5) is 5.69 Å². The second-order valence-corrected chi connectivity index (χ2v) is 6.51. The van der Waals surface area contributed by atoms with E-state index < -0.39 is 0 Å². The summed E-state index contributed by atoms with van der Waals surface area (Å²) in [6.45, 7) is 4.15. The van der Waals surface area contributed by atoms with E-state index in [1.54, 1.807) is 22.9 Å². The molecule has 0 aliphatic heterocycles. The average molecular weight is 370 g/mol. The molecule has 0 aliphatic carbocycles. The summed E-state index contributed by atoms with van der Waals surface area (Å²) in [5, 5.41) is 7.88. The molecule has 6 heteroatoms. The van der Waals surface area contributed by atoms with Gasteiger partial charge in [0.1, 0.15) is 12.4 Å². The summed E-state index contributed by atoms with van der Waals surface area (Å²) < 4.78 is 7.49. The van der Waals surface area contributed by atoms with Crippen LogP contribution in [0.2, 0.25) is 5.02 Å². The van der Waals surface area contributed by atoms with Crippen LogP contribution in [-0.4, -0.2) is 15.7 Å². The number of carbonyl (C=O) groups excluding carboxylic acids is 1. The lowest BCUT2D eigenvalue weighted by Gasteiger charge is -2.09. The molecule has 134 valence electrons. The minimum Gasteiger partial charge on any atom is -0.489 e. The molecule has 0 unspecified atom stereocenters. The minimum absolute atomic E-state index is 0.172. The summed E-state index contributed by atoms with van der Waals surface area (Å²) in [5.41, 5.74) is 3.92. The first-order valence-electron chi connectivity index (χ1n) is 8.23. The van der Waals surface area contributed by atoms with Crippen molar-refractivity contribution in [2.75, 3.05) is 5.32 Å². The van der Waals surface area contributed by atoms with E-state index in [0.717, 1.165) is 22.6 Å². The molecule has 26 heavy (non-hydrogen) atoms. The van der Waals surface area contributed by atoms with E-state index in [2.05, 4.69) is 10.4 Å². The number of hydrogen-bond acceptors (Lipinski definition) is 3. The van der Waals surface area contributed by atoms with Crippen molar-refractivity contribution in [2.45, 2.75) is 20.5 Å². The summed E-state index contributed by atoms with van der Waals surface area (Å²) in [5.74, 6) is 0.516. The number of carbonyl (C=O) groups is 1. The third kappa shape index (κ3) is 4.06. The summed E-state index contributed by atoms with van der Waals surface area (Å²) >= 11 is 5.96. The highest BCUT2D eigenvalue weighted by molar-refractivity contribution is 6.30. The fraction of sp³-hybridized carbons (Fsp3) is 0.200. The monoisotopic (exact) mass is 369 g/mol. The first-order valence-corrected chi connectivity index (χ1v) is 8.60. The summed E-state index contributed by atoms with van der Waals surface area (Å²) in [6.07, 6.45) is 0. The molecular formula is C20H20ClN3O2. The molecule has 3 aromatic rings. The highest BCUT2D eigenvalue weighted by Crippen LogP contribution is 2.21. The lowest BCUT2D eigenvalue weighted by atomic mass is 10.1. The van der Waals surface area contributed by atoms with E-state index in [1.165, 1.54) is 0 Å². The highest BCUT2D eigenvalue weighted by Gasteiger charge is 2.14. The second-order valence-electron chi connectivity index (χ2n) is 6.07. The zero-order chi connectivity index (χ0) is 18.7. The number of ether oxygens (including phenoxy) is 1.